The molecule has 0 unspecified atom stereocenters. The van der Waals surface area contributed by atoms with E-state index in [-0.39, 0.29) is 5.82 Å². The molecule has 2 aliphatic rings. The number of halogens is 1. The van der Waals surface area contributed by atoms with Crippen LogP contribution in [0.5, 0.6) is 0 Å². The molecule has 0 aromatic carbocycles. The SMILES string of the molecule is CC1(C)O[C@H]2[C@@H](O1)[C@](C#N)(c1cc(I)c3c(N)ncnn13)O[C@@H]2C(C)(C)C(=O)O. The summed E-state index contributed by atoms with van der Waals surface area (Å²) in [6.45, 7) is 6.52. The molecular formula is C18H20IN5O5. The molecule has 11 heteroatoms. The van der Waals surface area contributed by atoms with Crippen LogP contribution in [0.3, 0.4) is 0 Å². The third kappa shape index (κ3) is 2.73. The van der Waals surface area contributed by atoms with E-state index in [2.05, 4.69) is 38.7 Å². The molecule has 0 spiro atoms. The second-order valence-corrected chi connectivity index (χ2v) is 9.38. The molecule has 2 aliphatic heterocycles. The summed E-state index contributed by atoms with van der Waals surface area (Å²) in [5, 5.41) is 24.3. The predicted molar refractivity (Wildman–Crippen MR) is 108 cm³/mol. The number of nitriles is 1. The van der Waals surface area contributed by atoms with Gasteiger partial charge in [-0.25, -0.2) is 9.50 Å². The first kappa shape index (κ1) is 20.3. The van der Waals surface area contributed by atoms with Crippen molar-refractivity contribution in [3.8, 4) is 6.07 Å². The molecule has 0 radical (unpaired) electrons. The summed E-state index contributed by atoms with van der Waals surface area (Å²) in [6, 6.07) is 3.95. The maximum atomic E-state index is 12.0. The van der Waals surface area contributed by atoms with Crippen LogP contribution in [0.1, 0.15) is 33.4 Å². The number of nitrogens with zero attached hydrogens (tertiary/aromatic N) is 4. The molecule has 2 saturated heterocycles. The van der Waals surface area contributed by atoms with E-state index >= 15 is 0 Å². The van der Waals surface area contributed by atoms with Crippen molar-refractivity contribution in [2.75, 3.05) is 5.73 Å². The average Bonchev–Trinajstić information content (AvgIpc) is 3.23. The van der Waals surface area contributed by atoms with Crippen LogP contribution < -0.4 is 5.73 Å². The maximum Gasteiger partial charge on any atom is 0.311 e. The summed E-state index contributed by atoms with van der Waals surface area (Å²) < 4.78 is 20.5. The fourth-order valence-electron chi connectivity index (χ4n) is 3.98. The van der Waals surface area contributed by atoms with Gasteiger partial charge >= 0.3 is 5.97 Å². The van der Waals surface area contributed by atoms with Gasteiger partial charge in [0.05, 0.1) is 11.1 Å². The zero-order chi connectivity index (χ0) is 21.4. The van der Waals surface area contributed by atoms with Gasteiger partial charge in [-0.1, -0.05) is 0 Å². The first-order valence-electron chi connectivity index (χ1n) is 8.91. The Morgan fingerprint density at radius 1 is 1.41 bits per heavy atom. The Labute approximate surface area is 180 Å². The smallest absolute Gasteiger partial charge is 0.311 e. The predicted octanol–water partition coefficient (Wildman–Crippen LogP) is 1.66. The first-order chi connectivity index (χ1) is 13.4. The minimum Gasteiger partial charge on any atom is -0.481 e. The Morgan fingerprint density at radius 3 is 2.72 bits per heavy atom. The number of aliphatic carboxylic acids is 1. The van der Waals surface area contributed by atoms with Crippen molar-refractivity contribution < 1.29 is 24.1 Å². The number of rotatable bonds is 3. The van der Waals surface area contributed by atoms with Gasteiger partial charge in [-0.3, -0.25) is 4.79 Å². The van der Waals surface area contributed by atoms with Gasteiger partial charge in [0.25, 0.3) is 0 Å². The highest BCUT2D eigenvalue weighted by molar-refractivity contribution is 14.1. The van der Waals surface area contributed by atoms with Crippen LogP contribution in [-0.4, -0.2) is 49.8 Å². The third-order valence-corrected chi connectivity index (χ3v) is 6.31. The van der Waals surface area contributed by atoms with Crippen LogP contribution in [0.25, 0.3) is 5.52 Å². The summed E-state index contributed by atoms with van der Waals surface area (Å²) in [4.78, 5) is 16.0. The molecule has 29 heavy (non-hydrogen) atoms. The molecule has 2 aromatic rings. The van der Waals surface area contributed by atoms with Crippen molar-refractivity contribution in [3.05, 3.63) is 21.7 Å². The normalized spacial score (nSPS) is 31.0. The van der Waals surface area contributed by atoms with Gasteiger partial charge in [0.2, 0.25) is 5.60 Å². The molecule has 0 saturated carbocycles. The van der Waals surface area contributed by atoms with E-state index in [0.717, 1.165) is 3.57 Å². The lowest BCUT2D eigenvalue weighted by molar-refractivity contribution is -0.216. The number of carboxylic acid groups (broad SMARTS) is 1. The molecule has 3 N–H and O–H groups in total. The highest BCUT2D eigenvalue weighted by atomic mass is 127. The van der Waals surface area contributed by atoms with Crippen LogP contribution in [0.15, 0.2) is 12.4 Å². The number of fused-ring (bicyclic) bond motifs is 2. The van der Waals surface area contributed by atoms with Crippen molar-refractivity contribution in [2.45, 2.75) is 57.4 Å². The Bertz CT molecular complexity index is 1060. The van der Waals surface area contributed by atoms with Crippen LogP contribution >= 0.6 is 22.6 Å². The molecule has 154 valence electrons. The van der Waals surface area contributed by atoms with E-state index in [9.17, 15) is 15.2 Å². The molecule has 0 amide bonds. The number of nitrogen functional groups attached to an aromatic ring is 1. The molecule has 2 fully saturated rings. The van der Waals surface area contributed by atoms with Crippen molar-refractivity contribution in [2.24, 2.45) is 5.41 Å². The molecule has 10 nitrogen and oxygen atoms in total. The van der Waals surface area contributed by atoms with Crippen LogP contribution in [0, 0.1) is 20.3 Å². The van der Waals surface area contributed by atoms with E-state index < -0.39 is 41.1 Å². The zero-order valence-corrected chi connectivity index (χ0v) is 18.4. The van der Waals surface area contributed by atoms with Crippen molar-refractivity contribution >= 4 is 39.9 Å². The summed E-state index contributed by atoms with van der Waals surface area (Å²) in [5.41, 5.74) is 3.94. The Hall–Kier alpha value is -2.01. The van der Waals surface area contributed by atoms with Crippen LogP contribution in [0.2, 0.25) is 0 Å². The Kier molecular flexibility index (Phi) is 4.36. The van der Waals surface area contributed by atoms with Crippen molar-refractivity contribution in [3.63, 3.8) is 0 Å². The van der Waals surface area contributed by atoms with Gasteiger partial charge in [-0.05, 0) is 56.4 Å². The quantitative estimate of drug-likeness (QED) is 0.586. The highest BCUT2D eigenvalue weighted by Crippen LogP contribution is 2.53. The maximum absolute atomic E-state index is 12.0. The number of hydrogen-bond donors (Lipinski definition) is 2. The number of hydrogen-bond acceptors (Lipinski definition) is 8. The Balaban J connectivity index is 1.95. The van der Waals surface area contributed by atoms with E-state index in [4.69, 9.17) is 19.9 Å². The van der Waals surface area contributed by atoms with Crippen LogP contribution in [0.4, 0.5) is 5.82 Å². The van der Waals surface area contributed by atoms with Gasteiger partial charge in [0.15, 0.2) is 11.6 Å². The zero-order valence-electron chi connectivity index (χ0n) is 16.2. The second-order valence-electron chi connectivity index (χ2n) is 8.22. The number of nitrogens with two attached hydrogens (primary N) is 1. The standard InChI is InChI=1S/C18H20IN5O5/c1-16(2,15(25)26)12-11-13(28-17(3,4)27-11)18(6-20,29-12)9-5-8(19)10-14(21)22-7-23-24(9)10/h5,7,11-13H,1-4H3,(H,25,26)(H2,21,22,23)/t11-,12+,13-,18+/m1/s1. The summed E-state index contributed by atoms with van der Waals surface area (Å²) >= 11 is 2.08. The molecule has 4 heterocycles. The summed E-state index contributed by atoms with van der Waals surface area (Å²) in [6.07, 6.45) is -1.28. The topological polar surface area (TPSA) is 145 Å². The number of aromatic nitrogens is 3. The van der Waals surface area contributed by atoms with E-state index in [0.29, 0.717) is 11.2 Å². The van der Waals surface area contributed by atoms with Gasteiger partial charge in [0, 0.05) is 3.57 Å². The molecular weight excluding hydrogens is 493 g/mol. The molecule has 4 atom stereocenters. The number of carbonyl (C=O) groups is 1. The van der Waals surface area contributed by atoms with E-state index in [1.54, 1.807) is 33.8 Å². The van der Waals surface area contributed by atoms with Gasteiger partial charge in [0.1, 0.15) is 36.2 Å². The third-order valence-electron chi connectivity index (χ3n) is 5.49. The molecule has 0 aliphatic carbocycles. The minimum absolute atomic E-state index is 0.254. The first-order valence-corrected chi connectivity index (χ1v) is 9.99. The monoisotopic (exact) mass is 513 g/mol. The largest absolute Gasteiger partial charge is 0.481 e. The minimum atomic E-state index is -1.65. The van der Waals surface area contributed by atoms with Gasteiger partial charge < -0.3 is 25.1 Å². The lowest BCUT2D eigenvalue weighted by Crippen LogP contribution is -2.45. The second kappa shape index (κ2) is 6.24. The van der Waals surface area contributed by atoms with Crippen molar-refractivity contribution in [1.29, 1.82) is 5.26 Å². The lowest BCUT2D eigenvalue weighted by Gasteiger charge is -2.33. The van der Waals surface area contributed by atoms with Gasteiger partial charge in [-0.15, -0.1) is 0 Å². The molecule has 0 bridgehead atoms. The number of carboxylic acids is 1. The van der Waals surface area contributed by atoms with Gasteiger partial charge in [-0.2, -0.15) is 10.4 Å². The number of anilines is 1. The fraction of sp³-hybridized carbons (Fsp3) is 0.556. The number of ether oxygens (including phenoxy) is 3. The highest BCUT2D eigenvalue weighted by Gasteiger charge is 2.68. The fourth-order valence-corrected chi connectivity index (χ4v) is 4.78. The van der Waals surface area contributed by atoms with E-state index in [1.807, 2.05) is 0 Å². The molecule has 2 aromatic heterocycles. The average molecular weight is 513 g/mol. The summed E-state index contributed by atoms with van der Waals surface area (Å²) in [7, 11) is 0. The van der Waals surface area contributed by atoms with E-state index in [1.165, 1.54) is 10.8 Å². The molecule has 4 rings (SSSR count). The lowest BCUT2D eigenvalue weighted by atomic mass is 9.82. The van der Waals surface area contributed by atoms with Crippen LogP contribution in [-0.2, 0) is 24.6 Å². The Morgan fingerprint density at radius 2 is 2.10 bits per heavy atom. The summed E-state index contributed by atoms with van der Waals surface area (Å²) in [5.74, 6) is -1.82. The van der Waals surface area contributed by atoms with Crippen molar-refractivity contribution in [1.82, 2.24) is 14.6 Å².